The van der Waals surface area contributed by atoms with Gasteiger partial charge in [-0.05, 0) is 26.6 Å². The van der Waals surface area contributed by atoms with Crippen LogP contribution in [0.4, 0.5) is 0 Å². The number of hydrogen-bond acceptors (Lipinski definition) is 0. The van der Waals surface area contributed by atoms with E-state index in [2.05, 4.69) is 11.3 Å². The molecule has 0 unspecified atom stereocenters. The molecular weight excluding hydrogens is 184 g/mol. The van der Waals surface area contributed by atoms with Crippen molar-refractivity contribution in [2.45, 2.75) is 38.5 Å². The van der Waals surface area contributed by atoms with Crippen LogP contribution in [0.2, 0.25) is 0 Å². The van der Waals surface area contributed by atoms with Crippen LogP contribution in [0.25, 0.3) is 0 Å². The Morgan fingerprint density at radius 2 is 1.92 bits per heavy atom. The Labute approximate surface area is 77.5 Å². The van der Waals surface area contributed by atoms with Crippen molar-refractivity contribution in [3.05, 3.63) is 11.5 Å². The molecule has 3 heteroatoms. The Kier molecular flexibility index (Phi) is 3.20. The van der Waals surface area contributed by atoms with Crippen LogP contribution in [0.3, 0.4) is 0 Å². The van der Waals surface area contributed by atoms with Gasteiger partial charge in [0.1, 0.15) is 0 Å². The fourth-order valence-corrected chi connectivity index (χ4v) is 4.17. The molecule has 1 fully saturated rings. The molecule has 0 aromatic heterocycles. The molecule has 0 amide bonds. The first-order chi connectivity index (χ1) is 5.97. The third kappa shape index (κ3) is 2.09. The summed E-state index contributed by atoms with van der Waals surface area (Å²) in [5.41, 5.74) is 0. The maximum atomic E-state index is 4.27. The van der Waals surface area contributed by atoms with Crippen LogP contribution >= 0.6 is 15.9 Å². The zero-order chi connectivity index (χ0) is 8.23. The quantitative estimate of drug-likeness (QED) is 0.444. The lowest BCUT2D eigenvalue weighted by molar-refractivity contribution is 0.550. The Morgan fingerprint density at radius 1 is 1.17 bits per heavy atom. The summed E-state index contributed by atoms with van der Waals surface area (Å²) in [5.74, 6) is 0.882. The first-order valence-corrected chi connectivity index (χ1v) is 7.22. The lowest BCUT2D eigenvalue weighted by Crippen LogP contribution is -1.97. The fraction of sp³-hybridized carbons (Fsp3) is 0.778. The van der Waals surface area contributed by atoms with Crippen LogP contribution in [0, 0.1) is 5.92 Å². The van der Waals surface area contributed by atoms with E-state index in [1.807, 2.05) is 0 Å². The summed E-state index contributed by atoms with van der Waals surface area (Å²) >= 11 is 0. The zero-order valence-electron chi connectivity index (χ0n) is 7.24. The second-order valence-electron chi connectivity index (χ2n) is 3.55. The summed E-state index contributed by atoms with van der Waals surface area (Å²) in [4.78, 5) is 0. The molecule has 0 N–H and O–H groups in total. The minimum atomic E-state index is 0.882. The average Bonchev–Trinajstić information content (AvgIpc) is 2.48. The smallest absolute Gasteiger partial charge is 0.0696 e. The average molecular weight is 198 g/mol. The van der Waals surface area contributed by atoms with Crippen LogP contribution in [0.15, 0.2) is 11.5 Å². The highest BCUT2D eigenvalue weighted by molar-refractivity contribution is 7.85. The van der Waals surface area contributed by atoms with Crippen molar-refractivity contribution in [3.63, 3.8) is 0 Å². The summed E-state index contributed by atoms with van der Waals surface area (Å²) in [5, 5.41) is 5.88. The molecule has 0 spiro atoms. The standard InChI is InChI=1S/C9H14NP2/c1-2-4-6-8(5-3-1)9-7-10-12-11-9/h7-8H,1-6H2. The second kappa shape index (κ2) is 4.40. The number of rotatable bonds is 1. The predicted octanol–water partition coefficient (Wildman–Crippen LogP) is 4.14. The first kappa shape index (κ1) is 8.73. The molecule has 65 valence electrons. The molecule has 1 radical (unpaired) electrons. The number of nitrogens with zero attached hydrogens (tertiary/aromatic N) is 1. The minimum absolute atomic E-state index is 0.882. The highest BCUT2D eigenvalue weighted by Crippen LogP contribution is 2.40. The lowest BCUT2D eigenvalue weighted by atomic mass is 10.0. The molecule has 0 aromatic carbocycles. The van der Waals surface area contributed by atoms with E-state index in [1.165, 1.54) is 54.4 Å². The van der Waals surface area contributed by atoms with Crippen molar-refractivity contribution < 1.29 is 0 Å². The molecule has 2 aliphatic rings. The lowest BCUT2D eigenvalue weighted by Gasteiger charge is -2.11. The van der Waals surface area contributed by atoms with E-state index >= 15 is 0 Å². The van der Waals surface area contributed by atoms with Gasteiger partial charge in [0.15, 0.2) is 0 Å². The molecule has 0 saturated heterocycles. The molecule has 1 heterocycles. The number of allylic oxidation sites excluding steroid dienone is 1. The van der Waals surface area contributed by atoms with Crippen molar-refractivity contribution >= 4 is 15.9 Å². The third-order valence-corrected chi connectivity index (χ3v) is 4.97. The number of hydrogen-bond donors (Lipinski definition) is 0. The molecule has 0 atom stereocenters. The summed E-state index contributed by atoms with van der Waals surface area (Å²) in [7, 11) is 2.71. The summed E-state index contributed by atoms with van der Waals surface area (Å²) in [6.45, 7) is 0. The van der Waals surface area contributed by atoms with Gasteiger partial charge in [0.25, 0.3) is 0 Å². The van der Waals surface area contributed by atoms with Gasteiger partial charge in [-0.2, -0.15) is 0 Å². The Hall–Kier alpha value is 0.140. The Morgan fingerprint density at radius 3 is 2.50 bits per heavy atom. The normalized spacial score (nSPS) is 27.5. The summed E-state index contributed by atoms with van der Waals surface area (Å²) < 4.78 is 0. The molecule has 1 nitrogen and oxygen atoms in total. The van der Waals surface area contributed by atoms with E-state index < -0.39 is 0 Å². The topological polar surface area (TPSA) is 14.1 Å². The minimum Gasteiger partial charge on any atom is -0.230 e. The predicted molar refractivity (Wildman–Crippen MR) is 55.2 cm³/mol. The van der Waals surface area contributed by atoms with Gasteiger partial charge in [-0.15, -0.1) is 0 Å². The van der Waals surface area contributed by atoms with Gasteiger partial charge in [-0.3, -0.25) is 0 Å². The molecular formula is C9H14NP2. The van der Waals surface area contributed by atoms with Gasteiger partial charge in [0.05, 0.1) is 8.02 Å². The summed E-state index contributed by atoms with van der Waals surface area (Å²) in [6, 6.07) is 0. The second-order valence-corrected chi connectivity index (χ2v) is 5.81. The van der Waals surface area contributed by atoms with Gasteiger partial charge in [-0.1, -0.05) is 25.7 Å². The molecule has 2 rings (SSSR count). The Bertz CT molecular complexity index is 203. The van der Waals surface area contributed by atoms with E-state index in [4.69, 9.17) is 0 Å². The van der Waals surface area contributed by atoms with Gasteiger partial charge in [0, 0.05) is 11.5 Å². The molecule has 0 aromatic rings. The molecule has 1 aliphatic heterocycles. The molecule has 1 aliphatic carbocycles. The Balaban J connectivity index is 1.96. The van der Waals surface area contributed by atoms with Crippen LogP contribution in [0.5, 0.6) is 0 Å². The fourth-order valence-electron chi connectivity index (χ4n) is 1.95. The van der Waals surface area contributed by atoms with Crippen molar-refractivity contribution in [1.82, 2.24) is 5.09 Å². The largest absolute Gasteiger partial charge is 0.230 e. The monoisotopic (exact) mass is 198 g/mol. The van der Waals surface area contributed by atoms with E-state index in [0.29, 0.717) is 0 Å². The highest BCUT2D eigenvalue weighted by atomic mass is 31.7. The van der Waals surface area contributed by atoms with E-state index in [-0.39, 0.29) is 0 Å². The van der Waals surface area contributed by atoms with Crippen LogP contribution < -0.4 is 5.09 Å². The third-order valence-electron chi connectivity index (χ3n) is 2.68. The van der Waals surface area contributed by atoms with Crippen LogP contribution in [-0.2, 0) is 0 Å². The maximum Gasteiger partial charge on any atom is 0.0696 e. The first-order valence-electron chi connectivity index (χ1n) is 4.78. The van der Waals surface area contributed by atoms with E-state index in [1.54, 1.807) is 5.31 Å². The molecule has 12 heavy (non-hydrogen) atoms. The summed E-state index contributed by atoms with van der Waals surface area (Å²) in [6.07, 6.45) is 10.8. The maximum absolute atomic E-state index is 4.27. The van der Waals surface area contributed by atoms with Gasteiger partial charge < -0.3 is 0 Å². The van der Waals surface area contributed by atoms with E-state index in [0.717, 1.165) is 5.92 Å². The molecule has 0 bridgehead atoms. The zero-order valence-corrected chi connectivity index (χ0v) is 9.03. The van der Waals surface area contributed by atoms with Crippen LogP contribution in [-0.4, -0.2) is 0 Å². The SMILES string of the molecule is C1=C(C2CCCCCC2)P=P[N]1. The van der Waals surface area contributed by atoms with Gasteiger partial charge in [0.2, 0.25) is 0 Å². The molecule has 1 saturated carbocycles. The highest BCUT2D eigenvalue weighted by Gasteiger charge is 2.17. The van der Waals surface area contributed by atoms with Crippen molar-refractivity contribution in [2.75, 3.05) is 0 Å². The van der Waals surface area contributed by atoms with Crippen LogP contribution in [0.1, 0.15) is 38.5 Å². The van der Waals surface area contributed by atoms with Gasteiger partial charge in [-0.25, -0.2) is 5.09 Å². The van der Waals surface area contributed by atoms with Crippen molar-refractivity contribution in [3.8, 4) is 0 Å². The van der Waals surface area contributed by atoms with Crippen molar-refractivity contribution in [1.29, 1.82) is 0 Å². The van der Waals surface area contributed by atoms with E-state index in [9.17, 15) is 0 Å². The van der Waals surface area contributed by atoms with Gasteiger partial charge >= 0.3 is 0 Å². The van der Waals surface area contributed by atoms with Crippen molar-refractivity contribution in [2.24, 2.45) is 5.92 Å².